The molecular weight excluding hydrogens is 450 g/mol. The first-order valence-corrected chi connectivity index (χ1v) is 13.0. The van der Waals surface area contributed by atoms with Gasteiger partial charge in [-0.3, -0.25) is 14.7 Å². The molecular formula is C30H35N3O3. The van der Waals surface area contributed by atoms with Gasteiger partial charge in [0.2, 0.25) is 0 Å². The van der Waals surface area contributed by atoms with Crippen LogP contribution >= 0.6 is 0 Å². The molecule has 6 nitrogen and oxygen atoms in total. The summed E-state index contributed by atoms with van der Waals surface area (Å²) < 4.78 is 5.35. The van der Waals surface area contributed by atoms with Crippen LogP contribution < -0.4 is 4.74 Å². The van der Waals surface area contributed by atoms with E-state index >= 15 is 0 Å². The molecule has 2 aliphatic rings. The maximum absolute atomic E-state index is 13.7. The van der Waals surface area contributed by atoms with E-state index in [-0.39, 0.29) is 11.9 Å². The molecule has 5 rings (SSSR count). The highest BCUT2D eigenvalue weighted by Gasteiger charge is 2.42. The van der Waals surface area contributed by atoms with Crippen LogP contribution in [0.2, 0.25) is 0 Å². The molecule has 1 aliphatic carbocycles. The SMILES string of the molecule is COc1ccc(O)c(CN2CCC(C(Cc3ccccc3)N(C(=O)c3ccccn3)C3CC3)CC2)c1. The summed E-state index contributed by atoms with van der Waals surface area (Å²) in [6.07, 6.45) is 6.73. The molecule has 2 aromatic carbocycles. The second kappa shape index (κ2) is 11.1. The lowest BCUT2D eigenvalue weighted by molar-refractivity contribution is 0.0476. The van der Waals surface area contributed by atoms with Crippen molar-refractivity contribution in [1.82, 2.24) is 14.8 Å². The van der Waals surface area contributed by atoms with E-state index in [4.69, 9.17) is 4.74 Å². The van der Waals surface area contributed by atoms with E-state index in [9.17, 15) is 9.90 Å². The number of phenolic OH excluding ortho intramolecular Hbond substituents is 1. The lowest BCUT2D eigenvalue weighted by Gasteiger charge is -2.42. The second-order valence-electron chi connectivity index (χ2n) is 10.0. The number of aromatic hydroxyl groups is 1. The highest BCUT2D eigenvalue weighted by molar-refractivity contribution is 5.93. The molecule has 0 bridgehead atoms. The number of benzene rings is 2. The predicted molar refractivity (Wildman–Crippen MR) is 140 cm³/mol. The monoisotopic (exact) mass is 485 g/mol. The quantitative estimate of drug-likeness (QED) is 0.466. The first kappa shape index (κ1) is 24.3. The molecule has 0 spiro atoms. The molecule has 1 saturated heterocycles. The van der Waals surface area contributed by atoms with Crippen molar-refractivity contribution < 1.29 is 14.6 Å². The largest absolute Gasteiger partial charge is 0.508 e. The van der Waals surface area contributed by atoms with Gasteiger partial charge in [0, 0.05) is 30.4 Å². The number of hydrogen-bond donors (Lipinski definition) is 1. The number of nitrogens with zero attached hydrogens (tertiary/aromatic N) is 3. The Morgan fingerprint density at radius 1 is 1.06 bits per heavy atom. The van der Waals surface area contributed by atoms with Gasteiger partial charge in [0.25, 0.3) is 5.91 Å². The number of aromatic nitrogens is 1. The first-order valence-electron chi connectivity index (χ1n) is 13.0. The zero-order chi connectivity index (χ0) is 24.9. The van der Waals surface area contributed by atoms with Crippen LogP contribution in [0, 0.1) is 5.92 Å². The van der Waals surface area contributed by atoms with Gasteiger partial charge >= 0.3 is 0 Å². The van der Waals surface area contributed by atoms with Crippen molar-refractivity contribution >= 4 is 5.91 Å². The lowest BCUT2D eigenvalue weighted by atomic mass is 9.84. The Morgan fingerprint density at radius 2 is 1.81 bits per heavy atom. The van der Waals surface area contributed by atoms with Crippen LogP contribution in [0.1, 0.15) is 47.3 Å². The number of carbonyl (C=O) groups is 1. The normalized spacial score (nSPS) is 17.5. The molecule has 3 aromatic rings. The van der Waals surface area contributed by atoms with Crippen LogP contribution in [-0.4, -0.2) is 58.1 Å². The van der Waals surface area contributed by atoms with Crippen LogP contribution in [0.5, 0.6) is 11.5 Å². The van der Waals surface area contributed by atoms with E-state index in [2.05, 4.69) is 39.0 Å². The number of hydrogen-bond acceptors (Lipinski definition) is 5. The van der Waals surface area contributed by atoms with Crippen LogP contribution in [0.25, 0.3) is 0 Å². The summed E-state index contributed by atoms with van der Waals surface area (Å²) in [5, 5.41) is 10.3. The van der Waals surface area contributed by atoms with Crippen molar-refractivity contribution in [3.05, 3.63) is 89.7 Å². The molecule has 188 valence electrons. The third kappa shape index (κ3) is 5.71. The number of methoxy groups -OCH3 is 1. The molecule has 2 heterocycles. The summed E-state index contributed by atoms with van der Waals surface area (Å²) in [5.74, 6) is 1.53. The molecule has 6 heteroatoms. The minimum Gasteiger partial charge on any atom is -0.508 e. The third-order valence-corrected chi connectivity index (χ3v) is 7.56. The summed E-state index contributed by atoms with van der Waals surface area (Å²) in [5.41, 5.74) is 2.69. The molecule has 1 amide bonds. The number of phenols is 1. The van der Waals surface area contributed by atoms with Crippen molar-refractivity contribution in [1.29, 1.82) is 0 Å². The lowest BCUT2D eigenvalue weighted by Crippen LogP contribution is -2.50. The molecule has 1 unspecified atom stereocenters. The van der Waals surface area contributed by atoms with Gasteiger partial charge in [-0.1, -0.05) is 36.4 Å². The summed E-state index contributed by atoms with van der Waals surface area (Å²) in [7, 11) is 1.65. The minimum atomic E-state index is 0.0581. The Balaban J connectivity index is 1.34. The Bertz CT molecular complexity index is 1140. The van der Waals surface area contributed by atoms with Crippen molar-refractivity contribution in [2.24, 2.45) is 5.92 Å². The number of piperidine rings is 1. The average molecular weight is 486 g/mol. The van der Waals surface area contributed by atoms with Gasteiger partial charge in [-0.05, 0) is 87.0 Å². The van der Waals surface area contributed by atoms with Crippen LogP contribution in [0.3, 0.4) is 0 Å². The fourth-order valence-corrected chi connectivity index (χ4v) is 5.46. The molecule has 2 fully saturated rings. The summed E-state index contributed by atoms with van der Waals surface area (Å²) >= 11 is 0. The van der Waals surface area contributed by atoms with Crippen molar-refractivity contribution in [3.8, 4) is 11.5 Å². The standard InChI is InChI=1S/C30H35N3O3/c1-36-26-12-13-29(34)24(20-26)21-32-17-14-23(15-18-32)28(19-22-7-3-2-4-8-22)33(25-10-11-25)30(35)27-9-5-6-16-31-27/h2-9,12-13,16,20,23,25,28,34H,10-11,14-15,17-19,21H2,1H3. The summed E-state index contributed by atoms with van der Waals surface area (Å²) in [4.78, 5) is 22.7. The third-order valence-electron chi connectivity index (χ3n) is 7.56. The molecule has 1 aromatic heterocycles. The molecule has 36 heavy (non-hydrogen) atoms. The van der Waals surface area contributed by atoms with Gasteiger partial charge < -0.3 is 14.7 Å². The van der Waals surface area contributed by atoms with E-state index in [1.165, 1.54) is 5.56 Å². The molecule has 1 saturated carbocycles. The second-order valence-corrected chi connectivity index (χ2v) is 10.0. The topological polar surface area (TPSA) is 65.9 Å². The van der Waals surface area contributed by atoms with Crippen LogP contribution in [-0.2, 0) is 13.0 Å². The number of ether oxygens (including phenoxy) is 1. The number of rotatable bonds is 9. The van der Waals surface area contributed by atoms with Gasteiger partial charge in [0.1, 0.15) is 17.2 Å². The van der Waals surface area contributed by atoms with Crippen LogP contribution in [0.4, 0.5) is 0 Å². The predicted octanol–water partition coefficient (Wildman–Crippen LogP) is 4.92. The molecule has 0 radical (unpaired) electrons. The van der Waals surface area contributed by atoms with Gasteiger partial charge in [-0.15, -0.1) is 0 Å². The number of likely N-dealkylation sites (tertiary alicyclic amines) is 1. The fraction of sp³-hybridized carbons (Fsp3) is 0.400. The first-order chi connectivity index (χ1) is 17.6. The molecule has 1 aliphatic heterocycles. The summed E-state index contributed by atoms with van der Waals surface area (Å²) in [6.45, 7) is 2.56. The molecule has 1 atom stereocenters. The number of amides is 1. The van der Waals surface area contributed by atoms with Crippen molar-refractivity contribution in [3.63, 3.8) is 0 Å². The smallest absolute Gasteiger partial charge is 0.272 e. The van der Waals surface area contributed by atoms with Crippen molar-refractivity contribution in [2.45, 2.75) is 50.7 Å². The number of pyridine rings is 1. The zero-order valence-corrected chi connectivity index (χ0v) is 20.9. The van der Waals surface area contributed by atoms with E-state index in [0.717, 1.165) is 56.5 Å². The van der Waals surface area contributed by atoms with E-state index in [1.807, 2.05) is 30.3 Å². The van der Waals surface area contributed by atoms with Gasteiger partial charge in [-0.25, -0.2) is 0 Å². The maximum atomic E-state index is 13.7. The minimum absolute atomic E-state index is 0.0581. The Labute approximate surface area is 213 Å². The van der Waals surface area contributed by atoms with Crippen LogP contribution in [0.15, 0.2) is 72.9 Å². The Morgan fingerprint density at radius 3 is 2.47 bits per heavy atom. The van der Waals surface area contributed by atoms with Crippen molar-refractivity contribution in [2.75, 3.05) is 20.2 Å². The van der Waals surface area contributed by atoms with E-state index in [0.29, 0.717) is 29.9 Å². The highest BCUT2D eigenvalue weighted by atomic mass is 16.5. The van der Waals surface area contributed by atoms with E-state index < -0.39 is 0 Å². The molecule has 1 N–H and O–H groups in total. The Kier molecular flexibility index (Phi) is 7.52. The van der Waals surface area contributed by atoms with E-state index in [1.54, 1.807) is 25.4 Å². The van der Waals surface area contributed by atoms with Gasteiger partial charge in [0.05, 0.1) is 7.11 Å². The van der Waals surface area contributed by atoms with Gasteiger partial charge in [0.15, 0.2) is 0 Å². The fourth-order valence-electron chi connectivity index (χ4n) is 5.46. The zero-order valence-electron chi connectivity index (χ0n) is 20.9. The Hall–Kier alpha value is -3.38. The number of carbonyl (C=O) groups excluding carboxylic acids is 1. The highest BCUT2D eigenvalue weighted by Crippen LogP contribution is 2.37. The van der Waals surface area contributed by atoms with Gasteiger partial charge in [-0.2, -0.15) is 0 Å². The maximum Gasteiger partial charge on any atom is 0.272 e. The summed E-state index contributed by atoms with van der Waals surface area (Å²) in [6, 6.07) is 22.0. The average Bonchev–Trinajstić information content (AvgIpc) is 3.76.